The predicted octanol–water partition coefficient (Wildman–Crippen LogP) is 3.88. The summed E-state index contributed by atoms with van der Waals surface area (Å²) in [5.74, 6) is 0.208. The molecule has 0 fully saturated rings. The normalized spacial score (nSPS) is 10.2. The van der Waals surface area contributed by atoms with E-state index in [2.05, 4.69) is 0 Å². The molecule has 0 heterocycles. The van der Waals surface area contributed by atoms with E-state index in [1.54, 1.807) is 18.2 Å². The van der Waals surface area contributed by atoms with Gasteiger partial charge in [-0.1, -0.05) is 29.8 Å². The smallest absolute Gasteiger partial charge is 0.172 e. The Hall–Kier alpha value is -2.07. The third kappa shape index (κ3) is 3.08. The van der Waals surface area contributed by atoms with Gasteiger partial charge in [0.2, 0.25) is 0 Å². The van der Waals surface area contributed by atoms with Crippen molar-refractivity contribution >= 4 is 17.9 Å². The van der Waals surface area contributed by atoms with Crippen molar-refractivity contribution < 1.29 is 18.7 Å². The number of rotatable bonds is 5. The zero-order valence-electron chi connectivity index (χ0n) is 10.7. The number of aldehydes is 1. The molecule has 5 heteroatoms. The molecule has 2 aromatic carbocycles. The van der Waals surface area contributed by atoms with Crippen molar-refractivity contribution in [3.05, 3.63) is 58.4 Å². The number of benzene rings is 2. The summed E-state index contributed by atoms with van der Waals surface area (Å²) in [4.78, 5) is 11.1. The van der Waals surface area contributed by atoms with Crippen molar-refractivity contribution in [1.29, 1.82) is 0 Å². The number of carbonyl (C=O) groups excluding carboxylic acids is 1. The lowest BCUT2D eigenvalue weighted by Crippen LogP contribution is -2.02. The summed E-state index contributed by atoms with van der Waals surface area (Å²) >= 11 is 5.87. The second-order valence-electron chi connectivity index (χ2n) is 4.02. The van der Waals surface area contributed by atoms with E-state index in [4.69, 9.17) is 21.1 Å². The van der Waals surface area contributed by atoms with Crippen LogP contribution in [0.1, 0.15) is 15.9 Å². The summed E-state index contributed by atoms with van der Waals surface area (Å²) in [6.45, 7) is -0.00843. The molecule has 0 aliphatic heterocycles. The van der Waals surface area contributed by atoms with Crippen LogP contribution in [0.5, 0.6) is 11.5 Å². The average Bonchev–Trinajstić information content (AvgIpc) is 2.46. The Bertz CT molecular complexity index is 629. The van der Waals surface area contributed by atoms with Crippen LogP contribution >= 0.6 is 11.6 Å². The van der Waals surface area contributed by atoms with Crippen LogP contribution in [0.4, 0.5) is 4.39 Å². The van der Waals surface area contributed by atoms with Gasteiger partial charge < -0.3 is 9.47 Å². The highest BCUT2D eigenvalue weighted by atomic mass is 35.5. The van der Waals surface area contributed by atoms with Crippen molar-refractivity contribution in [1.82, 2.24) is 0 Å². The van der Waals surface area contributed by atoms with E-state index >= 15 is 0 Å². The molecule has 0 aliphatic carbocycles. The molecule has 0 saturated heterocycles. The Morgan fingerprint density at radius 2 is 2.05 bits per heavy atom. The molecular weight excluding hydrogens is 283 g/mol. The van der Waals surface area contributed by atoms with Crippen LogP contribution in [0, 0.1) is 5.82 Å². The van der Waals surface area contributed by atoms with E-state index in [0.29, 0.717) is 22.6 Å². The van der Waals surface area contributed by atoms with E-state index < -0.39 is 0 Å². The lowest BCUT2D eigenvalue weighted by molar-refractivity contribution is 0.111. The Balaban J connectivity index is 2.29. The minimum Gasteiger partial charge on any atom is -0.493 e. The first-order valence-corrected chi connectivity index (χ1v) is 6.22. The molecule has 20 heavy (non-hydrogen) atoms. The van der Waals surface area contributed by atoms with Gasteiger partial charge in [-0.15, -0.1) is 0 Å². The van der Waals surface area contributed by atoms with Crippen molar-refractivity contribution in [3.8, 4) is 11.5 Å². The van der Waals surface area contributed by atoms with E-state index in [9.17, 15) is 9.18 Å². The SMILES string of the molecule is COc1cc(Cl)cc(C=O)c1OCc1ccccc1F. The number of hydrogen-bond donors (Lipinski definition) is 0. The summed E-state index contributed by atoms with van der Waals surface area (Å²) in [6, 6.07) is 9.26. The van der Waals surface area contributed by atoms with Gasteiger partial charge in [-0.25, -0.2) is 4.39 Å². The van der Waals surface area contributed by atoms with Gasteiger partial charge in [0.05, 0.1) is 12.7 Å². The van der Waals surface area contributed by atoms with Gasteiger partial charge in [-0.2, -0.15) is 0 Å². The van der Waals surface area contributed by atoms with Crippen molar-refractivity contribution in [2.45, 2.75) is 6.61 Å². The fourth-order valence-corrected chi connectivity index (χ4v) is 1.96. The van der Waals surface area contributed by atoms with Crippen LogP contribution in [0.3, 0.4) is 0 Å². The maximum atomic E-state index is 13.5. The van der Waals surface area contributed by atoms with E-state index in [1.807, 2.05) is 0 Å². The zero-order chi connectivity index (χ0) is 14.5. The molecule has 0 atom stereocenters. The first kappa shape index (κ1) is 14.3. The number of hydrogen-bond acceptors (Lipinski definition) is 3. The van der Waals surface area contributed by atoms with E-state index in [0.717, 1.165) is 0 Å². The molecule has 0 amide bonds. The molecule has 2 rings (SSSR count). The second-order valence-corrected chi connectivity index (χ2v) is 4.46. The summed E-state index contributed by atoms with van der Waals surface area (Å²) in [5, 5.41) is 0.363. The number of ether oxygens (including phenoxy) is 2. The Labute approximate surface area is 120 Å². The van der Waals surface area contributed by atoms with E-state index in [1.165, 1.54) is 25.3 Å². The minimum atomic E-state index is -0.368. The maximum Gasteiger partial charge on any atom is 0.172 e. The molecule has 0 spiro atoms. The molecule has 3 nitrogen and oxygen atoms in total. The Kier molecular flexibility index (Phi) is 4.58. The van der Waals surface area contributed by atoms with Crippen molar-refractivity contribution in [2.24, 2.45) is 0 Å². The maximum absolute atomic E-state index is 13.5. The topological polar surface area (TPSA) is 35.5 Å². The summed E-state index contributed by atoms with van der Waals surface area (Å²) < 4.78 is 24.2. The molecule has 0 unspecified atom stereocenters. The fourth-order valence-electron chi connectivity index (χ4n) is 1.75. The van der Waals surface area contributed by atoms with Gasteiger partial charge in [0.1, 0.15) is 12.4 Å². The van der Waals surface area contributed by atoms with Gasteiger partial charge in [0, 0.05) is 16.7 Å². The number of methoxy groups -OCH3 is 1. The largest absolute Gasteiger partial charge is 0.493 e. The predicted molar refractivity (Wildman–Crippen MR) is 74.1 cm³/mol. The molecule has 2 aromatic rings. The summed E-state index contributed by atoms with van der Waals surface area (Å²) in [7, 11) is 1.44. The Morgan fingerprint density at radius 3 is 2.70 bits per heavy atom. The van der Waals surface area contributed by atoms with Crippen LogP contribution in [0.2, 0.25) is 5.02 Å². The highest BCUT2D eigenvalue weighted by Gasteiger charge is 2.13. The van der Waals surface area contributed by atoms with Crippen LogP contribution in [-0.4, -0.2) is 13.4 Å². The molecular formula is C15H12ClFO3. The molecule has 0 aliphatic rings. The van der Waals surface area contributed by atoms with E-state index in [-0.39, 0.29) is 23.7 Å². The average molecular weight is 295 g/mol. The second kappa shape index (κ2) is 6.39. The van der Waals surface area contributed by atoms with Crippen LogP contribution in [0.15, 0.2) is 36.4 Å². The first-order chi connectivity index (χ1) is 9.65. The van der Waals surface area contributed by atoms with Crippen molar-refractivity contribution in [3.63, 3.8) is 0 Å². The highest BCUT2D eigenvalue weighted by Crippen LogP contribution is 2.34. The lowest BCUT2D eigenvalue weighted by Gasteiger charge is -2.13. The number of halogens is 2. The summed E-state index contributed by atoms with van der Waals surface area (Å²) in [5.41, 5.74) is 0.645. The lowest BCUT2D eigenvalue weighted by atomic mass is 10.2. The third-order valence-electron chi connectivity index (χ3n) is 2.73. The first-order valence-electron chi connectivity index (χ1n) is 5.84. The van der Waals surface area contributed by atoms with Gasteiger partial charge in [-0.05, 0) is 12.1 Å². The quantitative estimate of drug-likeness (QED) is 0.785. The van der Waals surface area contributed by atoms with Gasteiger partial charge in [0.25, 0.3) is 0 Å². The van der Waals surface area contributed by atoms with Gasteiger partial charge in [0.15, 0.2) is 17.8 Å². The van der Waals surface area contributed by atoms with Gasteiger partial charge >= 0.3 is 0 Å². The third-order valence-corrected chi connectivity index (χ3v) is 2.94. The zero-order valence-corrected chi connectivity index (χ0v) is 11.5. The minimum absolute atomic E-state index is 0.00843. The molecule has 0 N–H and O–H groups in total. The molecule has 104 valence electrons. The Morgan fingerprint density at radius 1 is 1.30 bits per heavy atom. The van der Waals surface area contributed by atoms with Gasteiger partial charge in [-0.3, -0.25) is 4.79 Å². The monoisotopic (exact) mass is 294 g/mol. The van der Waals surface area contributed by atoms with Crippen molar-refractivity contribution in [2.75, 3.05) is 7.11 Å². The molecule has 0 aromatic heterocycles. The molecule has 0 radical (unpaired) electrons. The number of carbonyl (C=O) groups is 1. The standard InChI is InChI=1S/C15H12ClFO3/c1-19-14-7-12(16)6-11(8-18)15(14)20-9-10-4-2-3-5-13(10)17/h2-8H,9H2,1H3. The van der Waals surface area contributed by atoms with Crippen LogP contribution in [-0.2, 0) is 6.61 Å². The van der Waals surface area contributed by atoms with Crippen LogP contribution < -0.4 is 9.47 Å². The summed E-state index contributed by atoms with van der Waals surface area (Å²) in [6.07, 6.45) is 0.616. The molecule has 0 saturated carbocycles. The van der Waals surface area contributed by atoms with Crippen LogP contribution in [0.25, 0.3) is 0 Å². The highest BCUT2D eigenvalue weighted by molar-refractivity contribution is 6.31. The fraction of sp³-hybridized carbons (Fsp3) is 0.133. The molecule has 0 bridgehead atoms.